The van der Waals surface area contributed by atoms with E-state index in [4.69, 9.17) is 5.73 Å². The second-order valence-corrected chi connectivity index (χ2v) is 4.05. The van der Waals surface area contributed by atoms with Crippen LogP contribution in [0.1, 0.15) is 5.56 Å². The molecule has 0 saturated heterocycles. The van der Waals surface area contributed by atoms with Crippen LogP contribution in [0.3, 0.4) is 0 Å². The molecule has 0 aliphatic heterocycles. The van der Waals surface area contributed by atoms with Gasteiger partial charge < -0.3 is 10.3 Å². The summed E-state index contributed by atoms with van der Waals surface area (Å²) in [6.45, 7) is 0. The molecule has 0 amide bonds. The van der Waals surface area contributed by atoms with Crippen molar-refractivity contribution in [1.29, 1.82) is 0 Å². The number of rotatable bonds is 1. The number of benzene rings is 1. The van der Waals surface area contributed by atoms with E-state index < -0.39 is 32.4 Å². The first-order valence-corrected chi connectivity index (χ1v) is 4.96. The molecule has 4 nitrogen and oxygen atoms in total. The van der Waals surface area contributed by atoms with Gasteiger partial charge in [-0.2, -0.15) is 13.2 Å². The smallest absolute Gasteiger partial charge is 0.744 e. The Morgan fingerprint density at radius 1 is 1.25 bits per heavy atom. The van der Waals surface area contributed by atoms with Crippen molar-refractivity contribution in [2.24, 2.45) is 0 Å². The van der Waals surface area contributed by atoms with E-state index in [-0.39, 0.29) is 29.6 Å². The zero-order valence-electron chi connectivity index (χ0n) is 8.08. The van der Waals surface area contributed by atoms with E-state index >= 15 is 0 Å². The molecule has 1 rings (SSSR count). The molecular weight excluding hydrogens is 258 g/mol. The monoisotopic (exact) mass is 263 g/mol. The van der Waals surface area contributed by atoms with Crippen molar-refractivity contribution in [3.63, 3.8) is 0 Å². The van der Waals surface area contributed by atoms with Gasteiger partial charge in [0.15, 0.2) is 0 Å². The molecule has 0 aromatic heterocycles. The van der Waals surface area contributed by atoms with Gasteiger partial charge >= 0.3 is 35.7 Å². The first-order chi connectivity index (χ1) is 6.62. The van der Waals surface area contributed by atoms with Gasteiger partial charge in [-0.25, -0.2) is 8.42 Å². The maximum absolute atomic E-state index is 12.1. The molecule has 0 saturated carbocycles. The van der Waals surface area contributed by atoms with Crippen LogP contribution in [0.5, 0.6) is 0 Å². The number of nitrogen functional groups attached to an aromatic ring is 1. The molecule has 2 N–H and O–H groups in total. The molecular formula is C7H5F3NNaO3S. The van der Waals surface area contributed by atoms with Gasteiger partial charge in [-0.1, -0.05) is 0 Å². The first kappa shape index (κ1) is 15.7. The molecule has 1 aromatic rings. The Labute approximate surface area is 112 Å². The van der Waals surface area contributed by atoms with E-state index in [1.54, 1.807) is 0 Å². The standard InChI is InChI=1S/C7H6F3NO3S.Na/c8-7(9,10)4-1-2-6(5(11)3-4)15(12,13)14;/h1-3H,11H2,(H,12,13,14);/q;+1/p-1. The molecule has 0 fully saturated rings. The van der Waals surface area contributed by atoms with Crippen LogP contribution in [0, 0.1) is 0 Å². The zero-order chi connectivity index (χ0) is 11.9. The van der Waals surface area contributed by atoms with Gasteiger partial charge in [0.1, 0.15) is 10.1 Å². The number of alkyl halides is 3. The Balaban J connectivity index is 0.00000225. The van der Waals surface area contributed by atoms with Crippen LogP contribution in [-0.2, 0) is 16.3 Å². The fraction of sp³-hybridized carbons (Fsp3) is 0.143. The Morgan fingerprint density at radius 3 is 2.06 bits per heavy atom. The molecule has 0 aliphatic rings. The molecule has 84 valence electrons. The molecule has 0 aliphatic carbocycles. The summed E-state index contributed by atoms with van der Waals surface area (Å²) in [6, 6.07) is 1.44. The van der Waals surface area contributed by atoms with Crippen molar-refractivity contribution >= 4 is 15.8 Å². The van der Waals surface area contributed by atoms with Crippen LogP contribution in [0.25, 0.3) is 0 Å². The van der Waals surface area contributed by atoms with Gasteiger partial charge in [0, 0.05) is 5.69 Å². The quantitative estimate of drug-likeness (QED) is 0.368. The number of anilines is 1. The van der Waals surface area contributed by atoms with E-state index in [1.165, 1.54) is 0 Å². The predicted octanol–water partition coefficient (Wildman–Crippen LogP) is -1.80. The maximum atomic E-state index is 12.1. The number of halogens is 3. The van der Waals surface area contributed by atoms with Crippen LogP contribution in [0.4, 0.5) is 18.9 Å². The molecule has 0 spiro atoms. The van der Waals surface area contributed by atoms with Crippen LogP contribution in [0.15, 0.2) is 23.1 Å². The van der Waals surface area contributed by atoms with Crippen molar-refractivity contribution in [3.8, 4) is 0 Å². The topological polar surface area (TPSA) is 83.2 Å². The molecule has 1 aromatic carbocycles. The van der Waals surface area contributed by atoms with Crippen molar-refractivity contribution < 1.29 is 55.7 Å². The van der Waals surface area contributed by atoms with Crippen molar-refractivity contribution in [3.05, 3.63) is 23.8 Å². The number of nitrogens with two attached hydrogens (primary N) is 1. The summed E-state index contributed by atoms with van der Waals surface area (Å²) in [5, 5.41) is 0. The van der Waals surface area contributed by atoms with Gasteiger partial charge in [0.2, 0.25) is 0 Å². The average molecular weight is 263 g/mol. The summed E-state index contributed by atoms with van der Waals surface area (Å²) >= 11 is 0. The van der Waals surface area contributed by atoms with Crippen LogP contribution < -0.4 is 35.3 Å². The van der Waals surface area contributed by atoms with Crippen molar-refractivity contribution in [2.45, 2.75) is 11.1 Å². The summed E-state index contributed by atoms with van der Waals surface area (Å²) in [5.74, 6) is 0. The molecule has 0 heterocycles. The largest absolute Gasteiger partial charge is 1.00 e. The maximum Gasteiger partial charge on any atom is 1.00 e. The third-order valence-corrected chi connectivity index (χ3v) is 2.52. The van der Waals surface area contributed by atoms with Crippen LogP contribution in [0.2, 0.25) is 0 Å². The zero-order valence-corrected chi connectivity index (χ0v) is 10.9. The summed E-state index contributed by atoms with van der Waals surface area (Å²) in [5.41, 5.74) is 3.21. The summed E-state index contributed by atoms with van der Waals surface area (Å²) in [6.07, 6.45) is -4.63. The summed E-state index contributed by atoms with van der Waals surface area (Å²) in [7, 11) is -4.84. The predicted molar refractivity (Wildman–Crippen MR) is 43.8 cm³/mol. The van der Waals surface area contributed by atoms with E-state index in [2.05, 4.69) is 0 Å². The molecule has 16 heavy (non-hydrogen) atoms. The molecule has 0 atom stereocenters. The van der Waals surface area contributed by atoms with E-state index in [0.717, 1.165) is 0 Å². The van der Waals surface area contributed by atoms with Crippen LogP contribution >= 0.6 is 0 Å². The molecule has 0 bridgehead atoms. The number of hydrogen-bond acceptors (Lipinski definition) is 4. The van der Waals surface area contributed by atoms with Gasteiger partial charge in [-0.15, -0.1) is 0 Å². The van der Waals surface area contributed by atoms with Crippen molar-refractivity contribution in [1.82, 2.24) is 0 Å². The Hall–Kier alpha value is -0.280. The number of hydrogen-bond donors (Lipinski definition) is 1. The molecule has 0 radical (unpaired) electrons. The van der Waals surface area contributed by atoms with Crippen LogP contribution in [-0.4, -0.2) is 13.0 Å². The molecule has 0 unspecified atom stereocenters. The van der Waals surface area contributed by atoms with Gasteiger partial charge in [0.05, 0.1) is 10.5 Å². The first-order valence-electron chi connectivity index (χ1n) is 3.55. The minimum atomic E-state index is -4.84. The molecule has 9 heteroatoms. The fourth-order valence-corrected chi connectivity index (χ4v) is 1.53. The SMILES string of the molecule is Nc1cc(C(F)(F)F)ccc1S(=O)(=O)[O-].[Na+]. The Kier molecular flexibility index (Phi) is 4.84. The second kappa shape index (κ2) is 4.92. The van der Waals surface area contributed by atoms with E-state index in [0.29, 0.717) is 18.2 Å². The van der Waals surface area contributed by atoms with Gasteiger partial charge in [0.25, 0.3) is 0 Å². The third-order valence-electron chi connectivity index (χ3n) is 1.61. The summed E-state index contributed by atoms with van der Waals surface area (Å²) < 4.78 is 67.8. The minimum Gasteiger partial charge on any atom is -0.744 e. The Bertz CT molecular complexity index is 486. The Morgan fingerprint density at radius 2 is 1.75 bits per heavy atom. The normalized spacial score (nSPS) is 12.0. The van der Waals surface area contributed by atoms with Gasteiger partial charge in [-0.3, -0.25) is 0 Å². The van der Waals surface area contributed by atoms with E-state index in [9.17, 15) is 26.1 Å². The van der Waals surface area contributed by atoms with E-state index in [1.807, 2.05) is 0 Å². The minimum absolute atomic E-state index is 0. The average Bonchev–Trinajstić information content (AvgIpc) is 1.99. The summed E-state index contributed by atoms with van der Waals surface area (Å²) in [4.78, 5) is -0.851. The van der Waals surface area contributed by atoms with Gasteiger partial charge in [-0.05, 0) is 18.2 Å². The fourth-order valence-electron chi connectivity index (χ4n) is 0.952. The second-order valence-electron chi connectivity index (χ2n) is 2.70. The third kappa shape index (κ3) is 3.63. The van der Waals surface area contributed by atoms with Crippen molar-refractivity contribution in [2.75, 3.05) is 5.73 Å².